The van der Waals surface area contributed by atoms with Gasteiger partial charge in [-0.1, -0.05) is 30.3 Å². The molecular weight excluding hydrogens is 228 g/mol. The first-order chi connectivity index (χ1) is 8.68. The second kappa shape index (κ2) is 5.18. The lowest BCUT2D eigenvalue weighted by Crippen LogP contribution is -2.17. The van der Waals surface area contributed by atoms with Gasteiger partial charge in [0, 0.05) is 12.7 Å². The topological polar surface area (TPSA) is 94.0 Å². The molecule has 0 aliphatic carbocycles. The summed E-state index contributed by atoms with van der Waals surface area (Å²) < 4.78 is 0. The molecule has 0 radical (unpaired) electrons. The van der Waals surface area contributed by atoms with Gasteiger partial charge in [-0.25, -0.2) is 4.98 Å². The van der Waals surface area contributed by atoms with E-state index in [-0.39, 0.29) is 11.4 Å². The molecule has 0 saturated heterocycles. The number of hydrogen-bond donors (Lipinski definition) is 3. The highest BCUT2D eigenvalue weighted by molar-refractivity contribution is 6.02. The minimum absolute atomic E-state index is 0.139. The number of primary amides is 1. The van der Waals surface area contributed by atoms with E-state index in [2.05, 4.69) is 10.3 Å². The van der Waals surface area contributed by atoms with Crippen LogP contribution < -0.4 is 16.8 Å². The van der Waals surface area contributed by atoms with Crippen LogP contribution in [0.5, 0.6) is 0 Å². The third kappa shape index (κ3) is 2.57. The van der Waals surface area contributed by atoms with Crippen molar-refractivity contribution in [3.05, 3.63) is 53.7 Å². The number of carbonyl (C=O) groups is 1. The predicted molar refractivity (Wildman–Crippen MR) is 70.9 cm³/mol. The van der Waals surface area contributed by atoms with Crippen LogP contribution in [0, 0.1) is 0 Å². The highest BCUT2D eigenvalue weighted by atomic mass is 16.1. The van der Waals surface area contributed by atoms with E-state index in [1.807, 2.05) is 30.3 Å². The van der Waals surface area contributed by atoms with E-state index in [1.165, 1.54) is 6.20 Å². The zero-order valence-corrected chi connectivity index (χ0v) is 9.76. The summed E-state index contributed by atoms with van der Waals surface area (Å²) in [5.74, 6) is -0.447. The van der Waals surface area contributed by atoms with Gasteiger partial charge < -0.3 is 16.8 Å². The number of hydrogen-bond acceptors (Lipinski definition) is 4. The molecule has 1 amide bonds. The van der Waals surface area contributed by atoms with E-state index in [0.29, 0.717) is 12.2 Å². The molecule has 92 valence electrons. The average Bonchev–Trinajstić information content (AvgIpc) is 2.37. The number of anilines is 2. The molecule has 1 heterocycles. The van der Waals surface area contributed by atoms with Gasteiger partial charge in [-0.3, -0.25) is 4.79 Å². The van der Waals surface area contributed by atoms with Crippen LogP contribution in [0.2, 0.25) is 0 Å². The number of nitrogens with one attached hydrogen (secondary N) is 1. The summed E-state index contributed by atoms with van der Waals surface area (Å²) >= 11 is 0. The molecule has 2 aromatic rings. The number of nitrogens with zero attached hydrogens (tertiary/aromatic N) is 1. The number of aromatic nitrogens is 1. The van der Waals surface area contributed by atoms with Gasteiger partial charge in [-0.2, -0.15) is 0 Å². The number of amides is 1. The van der Waals surface area contributed by atoms with Crippen molar-refractivity contribution in [2.75, 3.05) is 11.1 Å². The first kappa shape index (κ1) is 11.9. The number of carbonyl (C=O) groups excluding carboxylic acids is 1. The highest BCUT2D eigenvalue weighted by Gasteiger charge is 2.12. The lowest BCUT2D eigenvalue weighted by atomic mass is 10.1. The number of pyridine rings is 1. The zero-order chi connectivity index (χ0) is 13.0. The van der Waals surface area contributed by atoms with Gasteiger partial charge in [0.2, 0.25) is 0 Å². The molecule has 0 unspecified atom stereocenters. The Kier molecular flexibility index (Phi) is 3.43. The minimum atomic E-state index is -0.587. The highest BCUT2D eigenvalue weighted by Crippen LogP contribution is 2.19. The molecule has 18 heavy (non-hydrogen) atoms. The Labute approximate surface area is 105 Å². The van der Waals surface area contributed by atoms with E-state index in [4.69, 9.17) is 11.5 Å². The van der Waals surface area contributed by atoms with Crippen molar-refractivity contribution in [3.63, 3.8) is 0 Å². The normalized spacial score (nSPS) is 10.0. The molecule has 0 atom stereocenters. The maximum Gasteiger partial charge on any atom is 0.254 e. The molecule has 5 nitrogen and oxygen atoms in total. The van der Waals surface area contributed by atoms with Gasteiger partial charge in [0.1, 0.15) is 11.4 Å². The van der Waals surface area contributed by atoms with Gasteiger partial charge in [0.25, 0.3) is 5.91 Å². The van der Waals surface area contributed by atoms with Gasteiger partial charge in [0.05, 0.1) is 5.69 Å². The largest absolute Gasteiger partial charge is 0.383 e. The molecule has 2 rings (SSSR count). The number of rotatable bonds is 4. The second-order valence-electron chi connectivity index (χ2n) is 3.82. The fourth-order valence-corrected chi connectivity index (χ4v) is 1.68. The van der Waals surface area contributed by atoms with Gasteiger partial charge in [-0.15, -0.1) is 0 Å². The first-order valence-corrected chi connectivity index (χ1v) is 5.50. The smallest absolute Gasteiger partial charge is 0.254 e. The molecule has 0 bridgehead atoms. The van der Waals surface area contributed by atoms with Crippen LogP contribution in [0.15, 0.2) is 42.6 Å². The van der Waals surface area contributed by atoms with Crippen molar-refractivity contribution in [3.8, 4) is 0 Å². The predicted octanol–water partition coefficient (Wildman–Crippen LogP) is 1.37. The Hall–Kier alpha value is -2.56. The summed E-state index contributed by atoms with van der Waals surface area (Å²) in [5, 5.41) is 3.13. The monoisotopic (exact) mass is 242 g/mol. The SMILES string of the molecule is NC(=O)c1c(NCc2ccccc2)ccnc1N. The van der Waals surface area contributed by atoms with Crippen molar-refractivity contribution < 1.29 is 4.79 Å². The maximum absolute atomic E-state index is 11.3. The second-order valence-corrected chi connectivity index (χ2v) is 3.82. The zero-order valence-electron chi connectivity index (χ0n) is 9.76. The van der Waals surface area contributed by atoms with E-state index in [0.717, 1.165) is 5.56 Å². The fraction of sp³-hybridized carbons (Fsp3) is 0.0769. The van der Waals surface area contributed by atoms with Crippen LogP contribution in [-0.2, 0) is 6.54 Å². The van der Waals surface area contributed by atoms with Crippen LogP contribution >= 0.6 is 0 Å². The summed E-state index contributed by atoms with van der Waals surface area (Å²) in [6.07, 6.45) is 1.54. The average molecular weight is 242 g/mol. The van der Waals surface area contributed by atoms with Gasteiger partial charge in [0.15, 0.2) is 0 Å². The molecule has 0 aliphatic rings. The van der Waals surface area contributed by atoms with Gasteiger partial charge >= 0.3 is 0 Å². The van der Waals surface area contributed by atoms with E-state index < -0.39 is 5.91 Å². The lowest BCUT2D eigenvalue weighted by Gasteiger charge is -2.11. The van der Waals surface area contributed by atoms with Crippen molar-refractivity contribution in [2.24, 2.45) is 5.73 Å². The Morgan fingerprint density at radius 1 is 1.22 bits per heavy atom. The van der Waals surface area contributed by atoms with Crippen LogP contribution in [0.3, 0.4) is 0 Å². The van der Waals surface area contributed by atoms with E-state index in [9.17, 15) is 4.79 Å². The van der Waals surface area contributed by atoms with Gasteiger partial charge in [-0.05, 0) is 11.6 Å². The summed E-state index contributed by atoms with van der Waals surface area (Å²) in [5.41, 5.74) is 12.9. The molecule has 0 aliphatic heterocycles. The molecule has 0 spiro atoms. The van der Waals surface area contributed by atoms with Crippen LogP contribution in [0.1, 0.15) is 15.9 Å². The summed E-state index contributed by atoms with van der Waals surface area (Å²) in [7, 11) is 0. The third-order valence-corrected chi connectivity index (χ3v) is 2.55. The summed E-state index contributed by atoms with van der Waals surface area (Å²) in [6, 6.07) is 11.5. The van der Waals surface area contributed by atoms with Crippen molar-refractivity contribution in [1.29, 1.82) is 0 Å². The molecule has 0 saturated carbocycles. The Balaban J connectivity index is 2.20. The van der Waals surface area contributed by atoms with Crippen molar-refractivity contribution in [2.45, 2.75) is 6.54 Å². The molecule has 5 N–H and O–H groups in total. The molecule has 0 fully saturated rings. The summed E-state index contributed by atoms with van der Waals surface area (Å²) in [6.45, 7) is 0.588. The maximum atomic E-state index is 11.3. The number of nitrogen functional groups attached to an aromatic ring is 1. The van der Waals surface area contributed by atoms with Crippen molar-refractivity contribution in [1.82, 2.24) is 4.98 Å². The fourth-order valence-electron chi connectivity index (χ4n) is 1.68. The Morgan fingerprint density at radius 3 is 2.61 bits per heavy atom. The molecular formula is C13H14N4O. The molecule has 5 heteroatoms. The quantitative estimate of drug-likeness (QED) is 0.754. The third-order valence-electron chi connectivity index (χ3n) is 2.55. The summed E-state index contributed by atoms with van der Waals surface area (Å²) in [4.78, 5) is 15.2. The van der Waals surface area contributed by atoms with E-state index in [1.54, 1.807) is 6.07 Å². The van der Waals surface area contributed by atoms with Crippen LogP contribution in [0.4, 0.5) is 11.5 Å². The van der Waals surface area contributed by atoms with Crippen LogP contribution in [-0.4, -0.2) is 10.9 Å². The minimum Gasteiger partial charge on any atom is -0.383 e. The molecule has 1 aromatic carbocycles. The standard InChI is InChI=1S/C13H14N4O/c14-12-11(13(15)18)10(6-7-16-12)17-8-9-4-2-1-3-5-9/h1-7H,8H2,(H2,15,18)(H3,14,16,17). The number of benzene rings is 1. The Morgan fingerprint density at radius 2 is 1.94 bits per heavy atom. The number of nitrogens with two attached hydrogens (primary N) is 2. The van der Waals surface area contributed by atoms with Crippen molar-refractivity contribution >= 4 is 17.4 Å². The van der Waals surface area contributed by atoms with Crippen LogP contribution in [0.25, 0.3) is 0 Å². The molecule has 1 aromatic heterocycles. The first-order valence-electron chi connectivity index (χ1n) is 5.50. The Bertz CT molecular complexity index is 554. The lowest BCUT2D eigenvalue weighted by molar-refractivity contribution is 0.100. The van der Waals surface area contributed by atoms with E-state index >= 15 is 0 Å².